The number of rotatable bonds is 1. The quantitative estimate of drug-likeness (QED) is 0.581. The number of halogens is 2. The third kappa shape index (κ3) is 4.79. The Bertz CT molecular complexity index is 451. The molecule has 90 valence electrons. The first kappa shape index (κ1) is 14.1. The molecule has 0 radical (unpaired) electrons. The average molecular weight is 270 g/mol. The molecule has 0 fully saturated rings. The second-order valence-corrected chi connectivity index (χ2v) is 4.42. The third-order valence-electron chi connectivity index (χ3n) is 1.91. The van der Waals surface area contributed by atoms with E-state index in [1.165, 1.54) is 23.9 Å². The van der Waals surface area contributed by atoms with E-state index in [2.05, 4.69) is 12.6 Å². The largest absolute Gasteiger partial charge is 0.206 e. The number of hydrogen-bond donors (Lipinski definition) is 1. The monoisotopic (exact) mass is 270 g/mol. The molecule has 4 heteroatoms. The van der Waals surface area contributed by atoms with Crippen LogP contribution in [0, 0.1) is 11.6 Å². The summed E-state index contributed by atoms with van der Waals surface area (Å²) in [7, 11) is 0. The van der Waals surface area contributed by atoms with Crippen molar-refractivity contribution in [2.24, 2.45) is 0 Å². The maximum absolute atomic E-state index is 12.6. The minimum Gasteiger partial charge on any atom is -0.206 e. The molecule has 0 aromatic heterocycles. The summed E-state index contributed by atoms with van der Waals surface area (Å²) in [5.74, 6) is -0.402. The lowest BCUT2D eigenvalue weighted by molar-refractivity contribution is 0.602. The van der Waals surface area contributed by atoms with Gasteiger partial charge in [-0.15, -0.1) is 24.4 Å². The molecule has 0 bridgehead atoms. The predicted octanol–water partition coefficient (Wildman–Crippen LogP) is 4.66. The fourth-order valence-electron chi connectivity index (χ4n) is 1.06. The van der Waals surface area contributed by atoms with Crippen molar-refractivity contribution >= 4 is 24.4 Å². The van der Waals surface area contributed by atoms with E-state index >= 15 is 0 Å². The van der Waals surface area contributed by atoms with Gasteiger partial charge in [0.15, 0.2) is 0 Å². The van der Waals surface area contributed by atoms with Crippen LogP contribution in [0.3, 0.4) is 0 Å². The van der Waals surface area contributed by atoms with E-state index in [0.717, 1.165) is 0 Å². The maximum atomic E-state index is 12.6. The van der Waals surface area contributed by atoms with Crippen molar-refractivity contribution in [1.29, 1.82) is 0 Å². The van der Waals surface area contributed by atoms with Crippen molar-refractivity contribution in [2.45, 2.75) is 9.79 Å². The zero-order valence-electron chi connectivity index (χ0n) is 9.23. The van der Waals surface area contributed by atoms with Crippen LogP contribution in [0.5, 0.6) is 0 Å². The topological polar surface area (TPSA) is 0 Å². The molecule has 0 nitrogen and oxygen atoms in total. The Labute approximate surface area is 109 Å². The lowest BCUT2D eigenvalue weighted by Gasteiger charge is -1.94. The molecule has 0 saturated carbocycles. The molecule has 2 rings (SSSR count). The van der Waals surface area contributed by atoms with Crippen molar-refractivity contribution in [3.05, 3.63) is 60.2 Å². The Balaban J connectivity index is 0.000000171. The molecule has 0 saturated heterocycles. The van der Waals surface area contributed by atoms with Crippen LogP contribution in [0.25, 0.3) is 0 Å². The van der Waals surface area contributed by atoms with Gasteiger partial charge in [0.1, 0.15) is 11.6 Å². The summed E-state index contributed by atoms with van der Waals surface area (Å²) in [5, 5.41) is 0. The lowest BCUT2D eigenvalue weighted by atomic mass is 10.4. The highest BCUT2D eigenvalue weighted by Gasteiger charge is 1.94. The summed E-state index contributed by atoms with van der Waals surface area (Å²) in [6.45, 7) is 0. The fraction of sp³-hybridized carbons (Fsp3) is 0.0769. The summed E-state index contributed by atoms with van der Waals surface area (Å²) in [5.41, 5.74) is 0. The number of hydrogen-bond acceptors (Lipinski definition) is 2. The SMILES string of the molecule is CSc1ccccc1F.Fc1ccccc1S. The van der Waals surface area contributed by atoms with Crippen LogP contribution in [0.1, 0.15) is 0 Å². The van der Waals surface area contributed by atoms with Gasteiger partial charge in [-0.05, 0) is 30.5 Å². The summed E-state index contributed by atoms with van der Waals surface area (Å²) >= 11 is 5.24. The lowest BCUT2D eigenvalue weighted by Crippen LogP contribution is -1.75. The molecule has 17 heavy (non-hydrogen) atoms. The number of thiol groups is 1. The van der Waals surface area contributed by atoms with Crippen molar-refractivity contribution in [3.63, 3.8) is 0 Å². The van der Waals surface area contributed by atoms with Crippen LogP contribution in [0.4, 0.5) is 8.78 Å². The molecular weight excluding hydrogens is 258 g/mol. The minimum atomic E-state index is -0.268. The number of thioether (sulfide) groups is 1. The average Bonchev–Trinajstić information content (AvgIpc) is 2.34. The standard InChI is InChI=1S/C7H7FS.C6H5FS/c1-9-7-5-3-2-4-6(7)8;7-5-3-1-2-4-6(5)8/h2-5H,1H3;1-4,8H. The van der Waals surface area contributed by atoms with Crippen molar-refractivity contribution < 1.29 is 8.78 Å². The molecule has 0 atom stereocenters. The Morgan fingerprint density at radius 3 is 1.76 bits per heavy atom. The molecule has 0 amide bonds. The Hall–Kier alpha value is -1.00. The third-order valence-corrected chi connectivity index (χ3v) is 3.04. The van der Waals surface area contributed by atoms with Gasteiger partial charge < -0.3 is 0 Å². The fourth-order valence-corrected chi connectivity index (χ4v) is 1.70. The molecule has 0 spiro atoms. The van der Waals surface area contributed by atoms with Crippen molar-refractivity contribution in [1.82, 2.24) is 0 Å². The van der Waals surface area contributed by atoms with Crippen LogP contribution in [0.2, 0.25) is 0 Å². The molecule has 0 heterocycles. The molecule has 0 aliphatic carbocycles. The molecule has 0 aliphatic rings. The van der Waals surface area contributed by atoms with E-state index in [9.17, 15) is 8.78 Å². The molecular formula is C13H12F2S2. The van der Waals surface area contributed by atoms with Crippen molar-refractivity contribution in [3.8, 4) is 0 Å². The first-order valence-corrected chi connectivity index (χ1v) is 6.54. The maximum Gasteiger partial charge on any atom is 0.136 e. The highest BCUT2D eigenvalue weighted by atomic mass is 32.2. The summed E-state index contributed by atoms with van der Waals surface area (Å²) in [6, 6.07) is 13.1. The highest BCUT2D eigenvalue weighted by Crippen LogP contribution is 2.17. The second-order valence-electron chi connectivity index (χ2n) is 3.09. The van der Waals surface area contributed by atoms with E-state index in [4.69, 9.17) is 0 Å². The van der Waals surface area contributed by atoms with Gasteiger partial charge in [0.05, 0.1) is 0 Å². The van der Waals surface area contributed by atoms with Crippen LogP contribution in [-0.4, -0.2) is 6.26 Å². The van der Waals surface area contributed by atoms with Crippen LogP contribution in [0.15, 0.2) is 58.3 Å². The molecule has 2 aromatic rings. The summed E-state index contributed by atoms with van der Waals surface area (Å²) < 4.78 is 24.8. The zero-order chi connectivity index (χ0) is 12.7. The highest BCUT2D eigenvalue weighted by molar-refractivity contribution is 7.98. The molecule has 0 N–H and O–H groups in total. The van der Waals surface area contributed by atoms with E-state index in [1.807, 2.05) is 12.3 Å². The van der Waals surface area contributed by atoms with Crippen molar-refractivity contribution in [2.75, 3.05) is 6.26 Å². The smallest absolute Gasteiger partial charge is 0.136 e. The first-order chi connectivity index (χ1) is 8.15. The van der Waals surface area contributed by atoms with Gasteiger partial charge in [-0.2, -0.15) is 0 Å². The van der Waals surface area contributed by atoms with E-state index < -0.39 is 0 Å². The summed E-state index contributed by atoms with van der Waals surface area (Å²) in [4.78, 5) is 1.10. The van der Waals surface area contributed by atoms with Gasteiger partial charge >= 0.3 is 0 Å². The van der Waals surface area contributed by atoms with Crippen LogP contribution in [-0.2, 0) is 0 Å². The Kier molecular flexibility index (Phi) is 6.08. The second kappa shape index (κ2) is 7.35. The van der Waals surface area contributed by atoms with E-state index in [-0.39, 0.29) is 11.6 Å². The van der Waals surface area contributed by atoms with Crippen LogP contribution < -0.4 is 0 Å². The zero-order valence-corrected chi connectivity index (χ0v) is 10.9. The van der Waals surface area contributed by atoms with Gasteiger partial charge in [-0.25, -0.2) is 8.78 Å². The molecule has 0 aliphatic heterocycles. The first-order valence-electron chi connectivity index (χ1n) is 4.87. The Morgan fingerprint density at radius 2 is 1.41 bits per heavy atom. The van der Waals surface area contributed by atoms with Gasteiger partial charge in [0.2, 0.25) is 0 Å². The molecule has 2 aromatic carbocycles. The predicted molar refractivity (Wildman–Crippen MR) is 71.8 cm³/mol. The Morgan fingerprint density at radius 1 is 0.882 bits per heavy atom. The van der Waals surface area contributed by atoms with Crippen LogP contribution >= 0.6 is 24.4 Å². The molecule has 0 unspecified atom stereocenters. The number of benzene rings is 2. The minimum absolute atomic E-state index is 0.134. The van der Waals surface area contributed by atoms with Gasteiger partial charge in [0, 0.05) is 9.79 Å². The van der Waals surface area contributed by atoms with Gasteiger partial charge in [0.25, 0.3) is 0 Å². The normalized spacial score (nSPS) is 9.41. The van der Waals surface area contributed by atoms with E-state index in [1.54, 1.807) is 30.3 Å². The summed E-state index contributed by atoms with van der Waals surface area (Å²) in [6.07, 6.45) is 1.86. The van der Waals surface area contributed by atoms with E-state index in [0.29, 0.717) is 9.79 Å². The van der Waals surface area contributed by atoms with Gasteiger partial charge in [-0.3, -0.25) is 0 Å². The van der Waals surface area contributed by atoms with Gasteiger partial charge in [-0.1, -0.05) is 24.3 Å².